The molecule has 0 aliphatic carbocycles. The lowest BCUT2D eigenvalue weighted by atomic mass is 10.1. The second-order valence-corrected chi connectivity index (χ2v) is 7.02. The zero-order valence-electron chi connectivity index (χ0n) is 15.7. The number of carbonyl (C=O) groups is 1. The van der Waals surface area contributed by atoms with Crippen molar-refractivity contribution in [2.24, 2.45) is 4.99 Å². The smallest absolute Gasteiger partial charge is 0.241 e. The van der Waals surface area contributed by atoms with Gasteiger partial charge in [0.05, 0.1) is 18.8 Å². The molecule has 2 aliphatic heterocycles. The Balaban J connectivity index is 1.49. The van der Waals surface area contributed by atoms with Gasteiger partial charge in [0.1, 0.15) is 5.76 Å². The lowest BCUT2D eigenvalue weighted by Crippen LogP contribution is -2.47. The van der Waals surface area contributed by atoms with Crippen LogP contribution >= 0.6 is 0 Å². The first-order valence-electron chi connectivity index (χ1n) is 9.77. The summed E-state index contributed by atoms with van der Waals surface area (Å²) >= 11 is 0. The molecule has 0 radical (unpaired) electrons. The van der Waals surface area contributed by atoms with Crippen LogP contribution in [-0.4, -0.2) is 68.0 Å². The summed E-state index contributed by atoms with van der Waals surface area (Å²) in [7, 11) is 1.73. The molecule has 2 aliphatic rings. The molecule has 1 atom stereocenters. The number of nitrogens with one attached hydrogen (secondary N) is 2. The van der Waals surface area contributed by atoms with Crippen molar-refractivity contribution in [3.8, 4) is 0 Å². The molecule has 1 aromatic rings. The van der Waals surface area contributed by atoms with E-state index in [1.165, 1.54) is 19.3 Å². The molecule has 1 unspecified atom stereocenters. The predicted octanol–water partition coefficient (Wildman–Crippen LogP) is 1.59. The van der Waals surface area contributed by atoms with Crippen molar-refractivity contribution in [3.05, 3.63) is 24.2 Å². The Hall–Kier alpha value is -2.02. The fraction of sp³-hybridized carbons (Fsp3) is 0.684. The van der Waals surface area contributed by atoms with E-state index in [0.29, 0.717) is 12.5 Å². The molecule has 3 heterocycles. The van der Waals surface area contributed by atoms with Crippen LogP contribution in [0.2, 0.25) is 0 Å². The summed E-state index contributed by atoms with van der Waals surface area (Å²) in [6, 6.07) is 4.15. The summed E-state index contributed by atoms with van der Waals surface area (Å²) in [5, 5.41) is 6.52. The van der Waals surface area contributed by atoms with Gasteiger partial charge >= 0.3 is 0 Å². The van der Waals surface area contributed by atoms with Crippen molar-refractivity contribution in [1.82, 2.24) is 20.4 Å². The molecule has 1 amide bonds. The van der Waals surface area contributed by atoms with Gasteiger partial charge in [-0.05, 0) is 57.3 Å². The van der Waals surface area contributed by atoms with Crippen LogP contribution in [0.25, 0.3) is 0 Å². The standard InChI is InChI=1S/C19H31N5O2/c1-20-19(22-15-18(25)24-11-3-2-4-12-24)21-14-16(17-8-7-13-26-17)23-9-5-6-10-23/h7-8,13,16H,2-6,9-12,14-15H2,1H3,(H2,20,21,22). The van der Waals surface area contributed by atoms with E-state index >= 15 is 0 Å². The van der Waals surface area contributed by atoms with E-state index in [1.54, 1.807) is 13.3 Å². The number of amides is 1. The minimum Gasteiger partial charge on any atom is -0.468 e. The highest BCUT2D eigenvalue weighted by atomic mass is 16.3. The normalized spacial score (nSPS) is 20.2. The van der Waals surface area contributed by atoms with Crippen molar-refractivity contribution >= 4 is 11.9 Å². The quantitative estimate of drug-likeness (QED) is 0.595. The number of piperidine rings is 1. The highest BCUT2D eigenvalue weighted by Gasteiger charge is 2.25. The monoisotopic (exact) mass is 361 g/mol. The van der Waals surface area contributed by atoms with E-state index in [0.717, 1.165) is 44.8 Å². The molecule has 2 N–H and O–H groups in total. The Bertz CT molecular complexity index is 575. The molecule has 1 aromatic heterocycles. The largest absolute Gasteiger partial charge is 0.468 e. The Morgan fingerprint density at radius 2 is 1.88 bits per heavy atom. The van der Waals surface area contributed by atoms with Crippen LogP contribution in [0.1, 0.15) is 43.9 Å². The molecule has 26 heavy (non-hydrogen) atoms. The maximum atomic E-state index is 12.3. The van der Waals surface area contributed by atoms with E-state index in [1.807, 2.05) is 17.0 Å². The number of nitrogens with zero attached hydrogens (tertiary/aromatic N) is 3. The number of furan rings is 1. The molecule has 7 nitrogen and oxygen atoms in total. The van der Waals surface area contributed by atoms with Gasteiger partial charge in [-0.15, -0.1) is 0 Å². The molecular weight excluding hydrogens is 330 g/mol. The lowest BCUT2D eigenvalue weighted by molar-refractivity contribution is -0.130. The molecular formula is C19H31N5O2. The third kappa shape index (κ3) is 5.00. The number of hydrogen-bond donors (Lipinski definition) is 2. The van der Waals surface area contributed by atoms with Crippen molar-refractivity contribution in [2.45, 2.75) is 38.1 Å². The van der Waals surface area contributed by atoms with Crippen molar-refractivity contribution in [3.63, 3.8) is 0 Å². The number of aliphatic imine (C=N–C) groups is 1. The van der Waals surface area contributed by atoms with Gasteiger partial charge in [0.2, 0.25) is 5.91 Å². The third-order valence-electron chi connectivity index (χ3n) is 5.26. The fourth-order valence-electron chi connectivity index (χ4n) is 3.77. The van der Waals surface area contributed by atoms with Gasteiger partial charge in [0.25, 0.3) is 0 Å². The van der Waals surface area contributed by atoms with Gasteiger partial charge in [0.15, 0.2) is 5.96 Å². The van der Waals surface area contributed by atoms with Crippen LogP contribution in [-0.2, 0) is 4.79 Å². The molecule has 0 saturated carbocycles. The first-order chi connectivity index (χ1) is 12.8. The van der Waals surface area contributed by atoms with Crippen LogP contribution in [0, 0.1) is 0 Å². The predicted molar refractivity (Wildman–Crippen MR) is 102 cm³/mol. The van der Waals surface area contributed by atoms with Crippen LogP contribution < -0.4 is 10.6 Å². The summed E-state index contributed by atoms with van der Waals surface area (Å²) in [6.45, 7) is 4.92. The second kappa shape index (κ2) is 9.62. The molecule has 7 heteroatoms. The third-order valence-corrected chi connectivity index (χ3v) is 5.26. The van der Waals surface area contributed by atoms with E-state index in [-0.39, 0.29) is 18.5 Å². The summed E-state index contributed by atoms with van der Waals surface area (Å²) < 4.78 is 5.65. The highest BCUT2D eigenvalue weighted by molar-refractivity contribution is 5.86. The van der Waals surface area contributed by atoms with Crippen LogP contribution in [0.15, 0.2) is 27.8 Å². The Kier molecular flexibility index (Phi) is 6.94. The van der Waals surface area contributed by atoms with Gasteiger partial charge in [0, 0.05) is 26.7 Å². The molecule has 3 rings (SSSR count). The summed E-state index contributed by atoms with van der Waals surface area (Å²) in [6.07, 6.45) is 7.63. The maximum Gasteiger partial charge on any atom is 0.241 e. The van der Waals surface area contributed by atoms with Crippen molar-refractivity contribution in [1.29, 1.82) is 0 Å². The topological polar surface area (TPSA) is 73.1 Å². The van der Waals surface area contributed by atoms with E-state index in [9.17, 15) is 4.79 Å². The van der Waals surface area contributed by atoms with Gasteiger partial charge in [-0.1, -0.05) is 0 Å². The second-order valence-electron chi connectivity index (χ2n) is 7.02. The minimum atomic E-state index is 0.148. The Morgan fingerprint density at radius 1 is 1.15 bits per heavy atom. The molecule has 0 bridgehead atoms. The fourth-order valence-corrected chi connectivity index (χ4v) is 3.77. The lowest BCUT2D eigenvalue weighted by Gasteiger charge is -2.28. The van der Waals surface area contributed by atoms with Gasteiger partial charge in [-0.25, -0.2) is 0 Å². The molecule has 144 valence electrons. The number of hydrogen-bond acceptors (Lipinski definition) is 4. The maximum absolute atomic E-state index is 12.3. The summed E-state index contributed by atoms with van der Waals surface area (Å²) in [5.41, 5.74) is 0. The number of guanidine groups is 1. The Morgan fingerprint density at radius 3 is 2.54 bits per heavy atom. The number of carbonyl (C=O) groups excluding carboxylic acids is 1. The summed E-state index contributed by atoms with van der Waals surface area (Å²) in [5.74, 6) is 1.78. The zero-order valence-corrected chi connectivity index (χ0v) is 15.7. The van der Waals surface area contributed by atoms with Gasteiger partial charge in [-0.3, -0.25) is 14.7 Å². The molecule has 2 fully saturated rings. The van der Waals surface area contributed by atoms with E-state index in [4.69, 9.17) is 4.42 Å². The first kappa shape index (κ1) is 18.8. The summed E-state index contributed by atoms with van der Waals surface area (Å²) in [4.78, 5) is 21.0. The number of likely N-dealkylation sites (tertiary alicyclic amines) is 2. The van der Waals surface area contributed by atoms with Crippen LogP contribution in [0.3, 0.4) is 0 Å². The zero-order chi connectivity index (χ0) is 18.2. The average molecular weight is 361 g/mol. The SMILES string of the molecule is CN=C(NCC(=O)N1CCCCC1)NCC(c1ccco1)N1CCCC1. The van der Waals surface area contributed by atoms with Crippen molar-refractivity contribution in [2.75, 3.05) is 46.3 Å². The minimum absolute atomic E-state index is 0.148. The molecule has 2 saturated heterocycles. The van der Waals surface area contributed by atoms with E-state index < -0.39 is 0 Å². The van der Waals surface area contributed by atoms with Gasteiger partial charge < -0.3 is 20.0 Å². The van der Waals surface area contributed by atoms with Crippen LogP contribution in [0.4, 0.5) is 0 Å². The molecule has 0 spiro atoms. The first-order valence-corrected chi connectivity index (χ1v) is 9.77. The molecule has 0 aromatic carbocycles. The van der Waals surface area contributed by atoms with E-state index in [2.05, 4.69) is 20.5 Å². The average Bonchev–Trinajstić information content (AvgIpc) is 3.39. The van der Waals surface area contributed by atoms with Crippen LogP contribution in [0.5, 0.6) is 0 Å². The van der Waals surface area contributed by atoms with Gasteiger partial charge in [-0.2, -0.15) is 0 Å². The Labute approximate surface area is 155 Å². The number of rotatable bonds is 6. The highest BCUT2D eigenvalue weighted by Crippen LogP contribution is 2.24. The van der Waals surface area contributed by atoms with Crippen molar-refractivity contribution < 1.29 is 9.21 Å².